The van der Waals surface area contributed by atoms with Gasteiger partial charge in [0.05, 0.1) is 0 Å². The quantitative estimate of drug-likeness (QED) is 0.432. The molecular formula is C4H5N3Se2. The summed E-state index contributed by atoms with van der Waals surface area (Å²) in [5.74, 6) is 0. The summed E-state index contributed by atoms with van der Waals surface area (Å²) in [5, 5.41) is 5.86. The van der Waals surface area contributed by atoms with Crippen molar-refractivity contribution in [3.63, 3.8) is 0 Å². The van der Waals surface area contributed by atoms with E-state index >= 15 is 0 Å². The summed E-state index contributed by atoms with van der Waals surface area (Å²) < 4.78 is 0.823. The molecule has 0 bridgehead atoms. The Morgan fingerprint density at radius 3 is 2.89 bits per heavy atom. The van der Waals surface area contributed by atoms with Gasteiger partial charge in [-0.05, 0) is 0 Å². The van der Waals surface area contributed by atoms with E-state index in [1.807, 2.05) is 0 Å². The molecule has 1 aliphatic rings. The maximum atomic E-state index is 4.07. The zero-order valence-electron chi connectivity index (χ0n) is 4.65. The van der Waals surface area contributed by atoms with Crippen LogP contribution < -0.4 is 0 Å². The van der Waals surface area contributed by atoms with E-state index in [1.165, 1.54) is 0 Å². The average molecular weight is 253 g/mol. The van der Waals surface area contributed by atoms with Crippen molar-refractivity contribution in [2.24, 2.45) is 10.1 Å². The van der Waals surface area contributed by atoms with Crippen LogP contribution in [0.5, 0.6) is 0 Å². The molecule has 3 nitrogen and oxygen atoms in total. The molecular weight excluding hydrogens is 248 g/mol. The second-order valence-electron chi connectivity index (χ2n) is 1.55. The summed E-state index contributed by atoms with van der Waals surface area (Å²) in [5.41, 5.74) is 0. The Morgan fingerprint density at radius 1 is 1.67 bits per heavy atom. The molecule has 2 radical (unpaired) electrons. The first-order chi connectivity index (χ1) is 4.29. The number of hydrogen-bond donors (Lipinski definition) is 0. The summed E-state index contributed by atoms with van der Waals surface area (Å²) >= 11 is 5.52. The Balaban J connectivity index is 2.45. The second kappa shape index (κ2) is 3.37. The maximum absolute atomic E-state index is 4.07. The van der Waals surface area contributed by atoms with Crippen molar-refractivity contribution >= 4 is 41.9 Å². The molecule has 0 unspecified atom stereocenters. The van der Waals surface area contributed by atoms with E-state index in [9.17, 15) is 0 Å². The molecule has 0 N–H and O–H groups in total. The van der Waals surface area contributed by atoms with Crippen LogP contribution in [0.3, 0.4) is 0 Å². The Morgan fingerprint density at radius 2 is 2.44 bits per heavy atom. The molecule has 0 aliphatic carbocycles. The molecule has 9 heavy (non-hydrogen) atoms. The van der Waals surface area contributed by atoms with Gasteiger partial charge < -0.3 is 0 Å². The van der Waals surface area contributed by atoms with Gasteiger partial charge >= 0.3 is 70.1 Å². The van der Waals surface area contributed by atoms with Crippen LogP contribution in [-0.4, -0.2) is 60.0 Å². The van der Waals surface area contributed by atoms with Crippen molar-refractivity contribution < 1.29 is 0 Å². The standard InChI is InChI=1S/C4H5N3Se2/c8-4(9)6-7-2-1-5-3-7/h3H,1-2H2. The molecule has 0 saturated heterocycles. The topological polar surface area (TPSA) is 28.0 Å². The summed E-state index contributed by atoms with van der Waals surface area (Å²) in [7, 11) is 0. The summed E-state index contributed by atoms with van der Waals surface area (Å²) in [4.78, 5) is 3.98. The summed E-state index contributed by atoms with van der Waals surface area (Å²) in [6, 6.07) is 0. The van der Waals surface area contributed by atoms with Crippen molar-refractivity contribution in [2.45, 2.75) is 0 Å². The first kappa shape index (κ1) is 7.29. The number of aliphatic imine (C=N–C) groups is 1. The molecule has 0 amide bonds. The van der Waals surface area contributed by atoms with Crippen LogP contribution in [0, 0.1) is 0 Å². The fourth-order valence-corrected chi connectivity index (χ4v) is 0.991. The van der Waals surface area contributed by atoms with Gasteiger partial charge in [0.15, 0.2) is 0 Å². The Kier molecular flexibility index (Phi) is 2.73. The van der Waals surface area contributed by atoms with Crippen LogP contribution in [0.2, 0.25) is 0 Å². The molecule has 0 spiro atoms. The third kappa shape index (κ3) is 2.50. The zero-order chi connectivity index (χ0) is 6.69. The summed E-state index contributed by atoms with van der Waals surface area (Å²) in [6.45, 7) is 1.75. The van der Waals surface area contributed by atoms with Gasteiger partial charge in [0.25, 0.3) is 0 Å². The van der Waals surface area contributed by atoms with Crippen LogP contribution in [0.15, 0.2) is 10.1 Å². The van der Waals surface area contributed by atoms with E-state index in [-0.39, 0.29) is 0 Å². The fraction of sp³-hybridized carbons (Fsp3) is 0.500. The molecule has 0 aromatic carbocycles. The molecule has 48 valence electrons. The van der Waals surface area contributed by atoms with E-state index in [2.05, 4.69) is 42.1 Å². The monoisotopic (exact) mass is 255 g/mol. The predicted molar refractivity (Wildman–Crippen MR) is 39.0 cm³/mol. The van der Waals surface area contributed by atoms with Crippen LogP contribution in [-0.2, 0) is 0 Å². The van der Waals surface area contributed by atoms with Gasteiger partial charge in [-0.25, -0.2) is 0 Å². The van der Waals surface area contributed by atoms with Crippen LogP contribution in [0.4, 0.5) is 0 Å². The van der Waals surface area contributed by atoms with Gasteiger partial charge in [0, 0.05) is 0 Å². The van der Waals surface area contributed by atoms with Crippen molar-refractivity contribution in [3.8, 4) is 0 Å². The molecule has 0 fully saturated rings. The van der Waals surface area contributed by atoms with Gasteiger partial charge in [-0.3, -0.25) is 0 Å². The van der Waals surface area contributed by atoms with Gasteiger partial charge in [-0.1, -0.05) is 0 Å². The normalized spacial score (nSPS) is 16.2. The average Bonchev–Trinajstić information content (AvgIpc) is 2.15. The van der Waals surface area contributed by atoms with Gasteiger partial charge in [0.2, 0.25) is 0 Å². The Bertz CT molecular complexity index is 150. The van der Waals surface area contributed by atoms with Crippen molar-refractivity contribution in [1.29, 1.82) is 0 Å². The predicted octanol–water partition coefficient (Wildman–Crippen LogP) is -1.06. The zero-order valence-corrected chi connectivity index (χ0v) is 8.08. The number of hydrogen-bond acceptors (Lipinski definition) is 3. The van der Waals surface area contributed by atoms with E-state index in [1.54, 1.807) is 11.3 Å². The van der Waals surface area contributed by atoms with Gasteiger partial charge in [-0.2, -0.15) is 0 Å². The molecule has 1 rings (SSSR count). The van der Waals surface area contributed by atoms with E-state index in [4.69, 9.17) is 0 Å². The first-order valence-electron chi connectivity index (χ1n) is 2.48. The molecule has 0 aromatic rings. The third-order valence-corrected chi connectivity index (χ3v) is 1.23. The van der Waals surface area contributed by atoms with E-state index in [0.717, 1.165) is 16.6 Å². The molecule has 0 aromatic heterocycles. The Labute approximate surface area is 70.2 Å². The number of nitrogens with zero attached hydrogens (tertiary/aromatic N) is 3. The van der Waals surface area contributed by atoms with Crippen LogP contribution >= 0.6 is 0 Å². The van der Waals surface area contributed by atoms with Gasteiger partial charge in [-0.15, -0.1) is 0 Å². The number of hydrazone groups is 1. The molecule has 5 heteroatoms. The molecule has 1 aliphatic heterocycles. The molecule has 0 atom stereocenters. The fourth-order valence-electron chi connectivity index (χ4n) is 0.551. The van der Waals surface area contributed by atoms with E-state index in [0.29, 0.717) is 0 Å². The SMILES string of the molecule is [Se]C([Se])=NN1C=NCC1. The van der Waals surface area contributed by atoms with Crippen molar-refractivity contribution in [1.82, 2.24) is 5.01 Å². The van der Waals surface area contributed by atoms with Crippen molar-refractivity contribution in [2.75, 3.05) is 13.1 Å². The Hall–Kier alpha value is 0.179. The number of rotatable bonds is 1. The summed E-state index contributed by atoms with van der Waals surface area (Å²) in [6.07, 6.45) is 1.73. The van der Waals surface area contributed by atoms with Gasteiger partial charge in [0.1, 0.15) is 0 Å². The first-order valence-corrected chi connectivity index (χ1v) is 4.19. The van der Waals surface area contributed by atoms with Crippen molar-refractivity contribution in [3.05, 3.63) is 0 Å². The van der Waals surface area contributed by atoms with Crippen LogP contribution in [0.25, 0.3) is 0 Å². The molecule has 1 heterocycles. The molecule has 0 saturated carbocycles. The van der Waals surface area contributed by atoms with E-state index < -0.39 is 0 Å². The minimum absolute atomic E-state index is 0.823. The van der Waals surface area contributed by atoms with Crippen LogP contribution in [0.1, 0.15) is 0 Å². The third-order valence-electron chi connectivity index (χ3n) is 0.883. The second-order valence-corrected chi connectivity index (χ2v) is 4.48. The minimum atomic E-state index is 0.823.